The average Bonchev–Trinajstić information content (AvgIpc) is 2.65. The molecule has 0 unspecified atom stereocenters. The fourth-order valence-electron chi connectivity index (χ4n) is 1.01. The Morgan fingerprint density at radius 1 is 1.53 bits per heavy atom. The van der Waals surface area contributed by atoms with Crippen molar-refractivity contribution in [2.24, 2.45) is 0 Å². The van der Waals surface area contributed by atoms with Crippen molar-refractivity contribution < 1.29 is 8.42 Å². The summed E-state index contributed by atoms with van der Waals surface area (Å²) in [5.74, 6) is 0. The van der Waals surface area contributed by atoms with Crippen LogP contribution in [0.2, 0.25) is 0 Å². The zero-order valence-corrected chi connectivity index (χ0v) is 10.1. The van der Waals surface area contributed by atoms with E-state index in [9.17, 15) is 8.42 Å². The van der Waals surface area contributed by atoms with Crippen LogP contribution in [0.5, 0.6) is 0 Å². The zero-order chi connectivity index (χ0) is 11.3. The fraction of sp³-hybridized carbons (Fsp3) is 0.333. The predicted octanol–water partition coefficient (Wildman–Crippen LogP) is 0.932. The van der Waals surface area contributed by atoms with Gasteiger partial charge < -0.3 is 5.32 Å². The molecule has 0 aliphatic heterocycles. The van der Waals surface area contributed by atoms with E-state index in [0.717, 1.165) is 4.88 Å². The van der Waals surface area contributed by atoms with Crippen molar-refractivity contribution in [3.63, 3.8) is 0 Å². The van der Waals surface area contributed by atoms with Gasteiger partial charge in [-0.2, -0.15) is 0 Å². The number of hydrogen-bond acceptors (Lipinski definition) is 4. The van der Waals surface area contributed by atoms with Crippen LogP contribution in [0, 0.1) is 0 Å². The van der Waals surface area contributed by atoms with Gasteiger partial charge in [-0.3, -0.25) is 0 Å². The van der Waals surface area contributed by atoms with E-state index in [1.807, 2.05) is 13.1 Å². The maximum atomic E-state index is 11.6. The number of rotatable bonds is 6. The molecule has 0 amide bonds. The van der Waals surface area contributed by atoms with Gasteiger partial charge in [0, 0.05) is 18.0 Å². The molecule has 0 aliphatic rings. The van der Waals surface area contributed by atoms with Crippen molar-refractivity contribution in [1.29, 1.82) is 0 Å². The Hall–Kier alpha value is -0.690. The van der Waals surface area contributed by atoms with Crippen LogP contribution in [-0.2, 0) is 16.6 Å². The van der Waals surface area contributed by atoms with Crippen LogP contribution in [0.1, 0.15) is 4.88 Å². The van der Waals surface area contributed by atoms with Gasteiger partial charge in [0.15, 0.2) is 0 Å². The summed E-state index contributed by atoms with van der Waals surface area (Å²) in [5.41, 5.74) is 0. The van der Waals surface area contributed by atoms with Crippen LogP contribution >= 0.6 is 11.3 Å². The molecule has 0 radical (unpaired) electrons. The Balaban J connectivity index is 2.80. The van der Waals surface area contributed by atoms with Crippen LogP contribution in [0.3, 0.4) is 0 Å². The minimum Gasteiger partial charge on any atom is -0.315 e. The normalized spacial score (nSPS) is 11.5. The first kappa shape index (κ1) is 12.4. The van der Waals surface area contributed by atoms with E-state index < -0.39 is 10.0 Å². The van der Waals surface area contributed by atoms with E-state index in [2.05, 4.69) is 16.6 Å². The molecule has 0 saturated heterocycles. The van der Waals surface area contributed by atoms with Crippen molar-refractivity contribution in [2.75, 3.05) is 13.6 Å². The molecule has 0 saturated carbocycles. The number of sulfonamides is 1. The minimum absolute atomic E-state index is 0.252. The van der Waals surface area contributed by atoms with Crippen molar-refractivity contribution in [3.8, 4) is 0 Å². The van der Waals surface area contributed by atoms with Crippen molar-refractivity contribution in [3.05, 3.63) is 29.7 Å². The van der Waals surface area contributed by atoms with Crippen LogP contribution in [0.15, 0.2) is 29.0 Å². The van der Waals surface area contributed by atoms with E-state index in [1.54, 1.807) is 6.07 Å². The highest BCUT2D eigenvalue weighted by Crippen LogP contribution is 2.20. The molecule has 1 heterocycles. The zero-order valence-electron chi connectivity index (χ0n) is 8.49. The van der Waals surface area contributed by atoms with Crippen LogP contribution in [0.25, 0.3) is 0 Å². The Labute approximate surface area is 94.1 Å². The van der Waals surface area contributed by atoms with Crippen molar-refractivity contribution in [1.82, 2.24) is 10.0 Å². The number of thiophene rings is 1. The molecule has 0 bridgehead atoms. The molecule has 2 N–H and O–H groups in total. The van der Waals surface area contributed by atoms with E-state index >= 15 is 0 Å². The second-order valence-electron chi connectivity index (χ2n) is 2.89. The van der Waals surface area contributed by atoms with Gasteiger partial charge in [0.2, 0.25) is 10.0 Å². The molecule has 0 atom stereocenters. The summed E-state index contributed by atoms with van der Waals surface area (Å²) in [4.78, 5) is 0.997. The van der Waals surface area contributed by atoms with Gasteiger partial charge in [-0.15, -0.1) is 17.9 Å². The lowest BCUT2D eigenvalue weighted by atomic mass is 10.5. The topological polar surface area (TPSA) is 58.2 Å². The molecule has 1 aromatic rings. The largest absolute Gasteiger partial charge is 0.315 e. The van der Waals surface area contributed by atoms with Crippen LogP contribution in [-0.4, -0.2) is 22.0 Å². The number of nitrogens with one attached hydrogen (secondary N) is 2. The monoisotopic (exact) mass is 246 g/mol. The Morgan fingerprint density at radius 3 is 2.87 bits per heavy atom. The highest BCUT2D eigenvalue weighted by atomic mass is 32.2. The van der Waals surface area contributed by atoms with E-state index in [-0.39, 0.29) is 6.54 Å². The highest BCUT2D eigenvalue weighted by Gasteiger charge is 2.15. The van der Waals surface area contributed by atoms with E-state index in [0.29, 0.717) is 10.8 Å². The SMILES string of the molecule is C=CCNS(=O)(=O)c1ccc(CNC)s1. The van der Waals surface area contributed by atoms with Gasteiger partial charge in [-0.1, -0.05) is 6.08 Å². The van der Waals surface area contributed by atoms with Crippen molar-refractivity contribution in [2.45, 2.75) is 10.8 Å². The second-order valence-corrected chi connectivity index (χ2v) is 6.05. The molecule has 1 rings (SSSR count). The third kappa shape index (κ3) is 3.42. The summed E-state index contributed by atoms with van der Waals surface area (Å²) in [6, 6.07) is 3.42. The average molecular weight is 246 g/mol. The van der Waals surface area contributed by atoms with Crippen molar-refractivity contribution >= 4 is 21.4 Å². The summed E-state index contributed by atoms with van der Waals surface area (Å²) in [6.07, 6.45) is 1.51. The first-order valence-electron chi connectivity index (χ1n) is 4.44. The third-order valence-corrected chi connectivity index (χ3v) is 4.67. The molecule has 6 heteroatoms. The third-order valence-electron chi connectivity index (χ3n) is 1.67. The quantitative estimate of drug-likeness (QED) is 0.734. The standard InChI is InChI=1S/C9H14N2O2S2/c1-3-6-11-15(12,13)9-5-4-8(14-9)7-10-2/h3-5,10-11H,1,6-7H2,2H3. The molecule has 0 fully saturated rings. The summed E-state index contributed by atoms with van der Waals surface area (Å²) >= 11 is 1.27. The highest BCUT2D eigenvalue weighted by molar-refractivity contribution is 7.91. The van der Waals surface area contributed by atoms with E-state index in [4.69, 9.17) is 0 Å². The second kappa shape index (κ2) is 5.41. The first-order chi connectivity index (χ1) is 7.10. The maximum Gasteiger partial charge on any atom is 0.250 e. The minimum atomic E-state index is -3.35. The van der Waals surface area contributed by atoms with Gasteiger partial charge >= 0.3 is 0 Å². The lowest BCUT2D eigenvalue weighted by Crippen LogP contribution is -2.22. The maximum absolute atomic E-state index is 11.6. The number of hydrogen-bond donors (Lipinski definition) is 2. The summed E-state index contributed by atoms with van der Waals surface area (Å²) in [6.45, 7) is 4.39. The summed E-state index contributed by atoms with van der Waals surface area (Å²) in [5, 5.41) is 2.97. The Morgan fingerprint density at radius 2 is 2.27 bits per heavy atom. The van der Waals surface area contributed by atoms with Gasteiger partial charge in [0.05, 0.1) is 0 Å². The predicted molar refractivity (Wildman–Crippen MR) is 62.5 cm³/mol. The molecule has 0 spiro atoms. The molecular formula is C9H14N2O2S2. The van der Waals surface area contributed by atoms with Gasteiger partial charge in [-0.25, -0.2) is 13.1 Å². The summed E-state index contributed by atoms with van der Waals surface area (Å²) in [7, 11) is -1.53. The molecule has 0 aromatic carbocycles. The lowest BCUT2D eigenvalue weighted by Gasteiger charge is -2.00. The molecule has 84 valence electrons. The molecular weight excluding hydrogens is 232 g/mol. The van der Waals surface area contributed by atoms with E-state index in [1.165, 1.54) is 17.4 Å². The van der Waals surface area contributed by atoms with Gasteiger partial charge in [0.1, 0.15) is 4.21 Å². The molecule has 15 heavy (non-hydrogen) atoms. The Bertz CT molecular complexity index is 423. The van der Waals surface area contributed by atoms with Crippen LogP contribution < -0.4 is 10.0 Å². The van der Waals surface area contributed by atoms with Gasteiger partial charge in [0.25, 0.3) is 0 Å². The fourth-order valence-corrected chi connectivity index (χ4v) is 3.42. The van der Waals surface area contributed by atoms with Crippen LogP contribution in [0.4, 0.5) is 0 Å². The molecule has 4 nitrogen and oxygen atoms in total. The smallest absolute Gasteiger partial charge is 0.250 e. The molecule has 0 aliphatic carbocycles. The summed E-state index contributed by atoms with van der Waals surface area (Å²) < 4.78 is 26.0. The lowest BCUT2D eigenvalue weighted by molar-refractivity contribution is 0.588. The molecule has 1 aromatic heterocycles. The van der Waals surface area contributed by atoms with Gasteiger partial charge in [-0.05, 0) is 19.2 Å². The first-order valence-corrected chi connectivity index (χ1v) is 6.74. The Kier molecular flexibility index (Phi) is 4.46.